The monoisotopic (exact) mass is 411 g/mol. The van der Waals surface area contributed by atoms with E-state index >= 15 is 0 Å². The maximum absolute atomic E-state index is 11.8. The van der Waals surface area contributed by atoms with Crippen molar-refractivity contribution in [1.82, 2.24) is 39.3 Å². The Balaban J connectivity index is 1.91. The average Bonchev–Trinajstić information content (AvgIpc) is 3.35. The number of pyridine rings is 1. The molecule has 0 spiro atoms. The summed E-state index contributed by atoms with van der Waals surface area (Å²) >= 11 is 0. The van der Waals surface area contributed by atoms with E-state index in [0.717, 1.165) is 0 Å². The molecular weight excluding hydrogens is 390 g/mol. The maximum Gasteiger partial charge on any atom is 0.267 e. The van der Waals surface area contributed by atoms with Gasteiger partial charge in [-0.05, 0) is 19.4 Å². The summed E-state index contributed by atoms with van der Waals surface area (Å²) in [5.41, 5.74) is 7.38. The van der Waals surface area contributed by atoms with Crippen LogP contribution < -0.4 is 5.73 Å². The van der Waals surface area contributed by atoms with E-state index in [1.165, 1.54) is 4.68 Å². The summed E-state index contributed by atoms with van der Waals surface area (Å²) in [5, 5.41) is 33.3. The van der Waals surface area contributed by atoms with Crippen molar-refractivity contribution in [3.8, 4) is 28.8 Å². The first-order valence-electron chi connectivity index (χ1n) is 9.23. The van der Waals surface area contributed by atoms with Crippen LogP contribution in [0.15, 0.2) is 12.3 Å². The van der Waals surface area contributed by atoms with E-state index in [9.17, 15) is 9.90 Å². The van der Waals surface area contributed by atoms with E-state index in [2.05, 4.69) is 25.3 Å². The summed E-state index contributed by atoms with van der Waals surface area (Å²) in [4.78, 5) is 20.7. The molecule has 0 aliphatic rings. The number of fused-ring (bicyclic) bond motifs is 1. The number of carbonyl (C=O) groups is 1. The molecule has 30 heavy (non-hydrogen) atoms. The molecule has 4 rings (SSSR count). The van der Waals surface area contributed by atoms with E-state index < -0.39 is 5.91 Å². The van der Waals surface area contributed by atoms with Gasteiger partial charge in [-0.1, -0.05) is 0 Å². The van der Waals surface area contributed by atoms with Crippen molar-refractivity contribution in [2.75, 3.05) is 6.61 Å². The Morgan fingerprint density at radius 1 is 1.20 bits per heavy atom. The topological polar surface area (TPSA) is 163 Å². The molecule has 4 aromatic rings. The third-order valence-corrected chi connectivity index (χ3v) is 4.81. The van der Waals surface area contributed by atoms with Crippen molar-refractivity contribution in [3.05, 3.63) is 23.7 Å². The summed E-state index contributed by atoms with van der Waals surface area (Å²) < 4.78 is 4.68. The van der Waals surface area contributed by atoms with Gasteiger partial charge in [0.1, 0.15) is 22.8 Å². The first kappa shape index (κ1) is 19.5. The van der Waals surface area contributed by atoms with Crippen molar-refractivity contribution in [2.24, 2.45) is 19.8 Å². The normalized spacial score (nSPS) is 11.5. The summed E-state index contributed by atoms with van der Waals surface area (Å²) in [5.74, 6) is -0.0857. The van der Waals surface area contributed by atoms with Crippen LogP contribution in [0.1, 0.15) is 22.6 Å². The third kappa shape index (κ3) is 3.06. The number of amides is 1. The minimum Gasteiger partial charge on any atom is -0.504 e. The van der Waals surface area contributed by atoms with Crippen LogP contribution in [-0.4, -0.2) is 62.0 Å². The second-order valence-electron chi connectivity index (χ2n) is 6.89. The van der Waals surface area contributed by atoms with Crippen LogP contribution in [0.5, 0.6) is 5.75 Å². The second-order valence-corrected chi connectivity index (χ2v) is 6.89. The molecule has 0 aliphatic heterocycles. The lowest BCUT2D eigenvalue weighted by Gasteiger charge is -2.04. The largest absolute Gasteiger partial charge is 0.504 e. The van der Waals surface area contributed by atoms with Crippen LogP contribution in [0.4, 0.5) is 0 Å². The molecule has 156 valence electrons. The van der Waals surface area contributed by atoms with Gasteiger partial charge in [-0.15, -0.1) is 5.10 Å². The number of aromatic nitrogens is 8. The fraction of sp³-hybridized carbons (Fsp3) is 0.333. The van der Waals surface area contributed by atoms with Crippen LogP contribution in [0.2, 0.25) is 0 Å². The fourth-order valence-corrected chi connectivity index (χ4v) is 3.31. The Kier molecular flexibility index (Phi) is 4.70. The van der Waals surface area contributed by atoms with E-state index in [0.29, 0.717) is 46.8 Å². The minimum atomic E-state index is -0.669. The Labute approximate surface area is 170 Å². The highest BCUT2D eigenvalue weighted by Crippen LogP contribution is 2.33. The molecule has 0 radical (unpaired) electrons. The van der Waals surface area contributed by atoms with Crippen molar-refractivity contribution in [1.29, 1.82) is 0 Å². The zero-order valence-corrected chi connectivity index (χ0v) is 16.7. The highest BCUT2D eigenvalue weighted by molar-refractivity contribution is 5.99. The van der Waals surface area contributed by atoms with E-state index in [1.807, 2.05) is 0 Å². The Bertz CT molecular complexity index is 1270. The van der Waals surface area contributed by atoms with Crippen molar-refractivity contribution >= 4 is 16.8 Å². The van der Waals surface area contributed by atoms with Crippen LogP contribution in [-0.2, 0) is 20.6 Å². The lowest BCUT2D eigenvalue weighted by Crippen LogP contribution is -2.14. The molecule has 4 N–H and O–H groups in total. The molecule has 0 aliphatic carbocycles. The predicted octanol–water partition coefficient (Wildman–Crippen LogP) is 0.123. The van der Waals surface area contributed by atoms with E-state index in [1.54, 1.807) is 42.6 Å². The van der Waals surface area contributed by atoms with Crippen LogP contribution in [0.3, 0.4) is 0 Å². The quantitative estimate of drug-likeness (QED) is 0.403. The number of carbonyl (C=O) groups excluding carboxylic acids is 1. The molecular formula is C18H21N9O3. The van der Waals surface area contributed by atoms with Gasteiger partial charge in [0.15, 0.2) is 11.6 Å². The Hall–Kier alpha value is -3.80. The highest BCUT2D eigenvalue weighted by atomic mass is 16.3. The van der Waals surface area contributed by atoms with Gasteiger partial charge in [0.25, 0.3) is 5.91 Å². The number of aryl methyl sites for hydroxylation is 4. The zero-order valence-electron chi connectivity index (χ0n) is 16.7. The molecule has 0 unspecified atom stereocenters. The minimum absolute atomic E-state index is 0.0111. The number of primary amides is 1. The van der Waals surface area contributed by atoms with Gasteiger partial charge in [-0.2, -0.15) is 10.2 Å². The van der Waals surface area contributed by atoms with Gasteiger partial charge in [-0.25, -0.2) is 14.6 Å². The highest BCUT2D eigenvalue weighted by Gasteiger charge is 2.24. The van der Waals surface area contributed by atoms with Crippen LogP contribution in [0.25, 0.3) is 33.9 Å². The smallest absolute Gasteiger partial charge is 0.267 e. The molecule has 0 bridgehead atoms. The van der Waals surface area contributed by atoms with Crippen LogP contribution in [0, 0.1) is 6.92 Å². The first-order chi connectivity index (χ1) is 14.3. The maximum atomic E-state index is 11.8. The summed E-state index contributed by atoms with van der Waals surface area (Å²) in [6.07, 6.45) is 2.09. The molecule has 4 heterocycles. The van der Waals surface area contributed by atoms with Gasteiger partial charge in [-0.3, -0.25) is 14.2 Å². The van der Waals surface area contributed by atoms with E-state index in [-0.39, 0.29) is 23.9 Å². The molecule has 0 saturated carbocycles. The predicted molar refractivity (Wildman–Crippen MR) is 106 cm³/mol. The molecule has 0 atom stereocenters. The Morgan fingerprint density at radius 2 is 1.97 bits per heavy atom. The Morgan fingerprint density at radius 3 is 2.67 bits per heavy atom. The molecule has 12 nitrogen and oxygen atoms in total. The third-order valence-electron chi connectivity index (χ3n) is 4.81. The number of aromatic hydroxyl groups is 1. The van der Waals surface area contributed by atoms with Gasteiger partial charge in [0.05, 0.1) is 11.7 Å². The van der Waals surface area contributed by atoms with Crippen LogP contribution >= 0.6 is 0 Å². The lowest BCUT2D eigenvalue weighted by molar-refractivity contribution is 0.0996. The number of rotatable bonds is 6. The van der Waals surface area contributed by atoms with E-state index in [4.69, 9.17) is 10.8 Å². The average molecular weight is 411 g/mol. The van der Waals surface area contributed by atoms with Gasteiger partial charge >= 0.3 is 0 Å². The van der Waals surface area contributed by atoms with Gasteiger partial charge < -0.3 is 15.9 Å². The standard InChI is InChI=1S/C18H21N9O3/c1-9-15(29)14(27(23-9)5-4-6-28)17-22-18(26(3)24-17)13-10-8-20-25(2)12(10)7-11(21-13)16(19)30/h7-8,28-29H,4-6H2,1-3H3,(H2,19,30). The van der Waals surface area contributed by atoms with Gasteiger partial charge in [0.2, 0.25) is 5.82 Å². The molecule has 0 fully saturated rings. The number of nitrogens with zero attached hydrogens (tertiary/aromatic N) is 8. The molecule has 0 aromatic carbocycles. The lowest BCUT2D eigenvalue weighted by atomic mass is 10.2. The SMILES string of the molecule is Cc1nn(CCCO)c(-c2nc(-c3nc(C(N)=O)cc4c3cnn4C)n(C)n2)c1O. The summed E-state index contributed by atoms with van der Waals surface area (Å²) in [6.45, 7) is 2.06. The zero-order chi connectivity index (χ0) is 21.6. The fourth-order valence-electron chi connectivity index (χ4n) is 3.31. The van der Waals surface area contributed by atoms with Crippen molar-refractivity contribution < 1.29 is 15.0 Å². The number of aliphatic hydroxyl groups excluding tert-OH is 1. The first-order valence-corrected chi connectivity index (χ1v) is 9.23. The van der Waals surface area contributed by atoms with Gasteiger partial charge in [0, 0.05) is 32.6 Å². The summed E-state index contributed by atoms with van der Waals surface area (Å²) in [7, 11) is 3.44. The number of nitrogens with two attached hydrogens (primary N) is 1. The second kappa shape index (κ2) is 7.22. The van der Waals surface area contributed by atoms with Crippen molar-refractivity contribution in [2.45, 2.75) is 19.9 Å². The van der Waals surface area contributed by atoms with Crippen molar-refractivity contribution in [3.63, 3.8) is 0 Å². The number of aliphatic hydroxyl groups is 1. The molecule has 12 heteroatoms. The molecule has 0 saturated heterocycles. The number of hydrogen-bond donors (Lipinski definition) is 3. The summed E-state index contributed by atoms with van der Waals surface area (Å²) in [6, 6.07) is 1.57. The molecule has 1 amide bonds. The number of hydrogen-bond acceptors (Lipinski definition) is 8. The molecule has 4 aromatic heterocycles.